The van der Waals surface area contributed by atoms with Crippen molar-refractivity contribution in [2.75, 3.05) is 0 Å². The highest BCUT2D eigenvalue weighted by atomic mass is 127. The van der Waals surface area contributed by atoms with Crippen LogP contribution in [-0.4, -0.2) is 4.92 Å². The number of nitrogens with zero attached hydrogens (tertiary/aromatic N) is 1. The first-order valence-corrected chi connectivity index (χ1v) is 7.20. The quantitative estimate of drug-likeness (QED) is 0.359. The molecule has 0 aliphatic heterocycles. The number of hydrogen-bond acceptors (Lipinski definition) is 3. The van der Waals surface area contributed by atoms with E-state index in [0.29, 0.717) is 5.75 Å². The first kappa shape index (κ1) is 14.4. The first-order chi connectivity index (χ1) is 8.99. The van der Waals surface area contributed by atoms with Crippen LogP contribution in [0.15, 0.2) is 36.4 Å². The van der Waals surface area contributed by atoms with Crippen molar-refractivity contribution in [3.8, 4) is 11.5 Å². The fraction of sp³-hybridized carbons (Fsp3) is 0. The highest BCUT2D eigenvalue weighted by molar-refractivity contribution is 14.1. The Bertz CT molecular complexity index is 649. The van der Waals surface area contributed by atoms with E-state index in [4.69, 9.17) is 4.74 Å². The fourth-order valence-electron chi connectivity index (χ4n) is 1.39. The van der Waals surface area contributed by atoms with Crippen LogP contribution in [0.3, 0.4) is 0 Å². The number of rotatable bonds is 3. The summed E-state index contributed by atoms with van der Waals surface area (Å²) in [5.74, 6) is -0.203. The third-order valence-electron chi connectivity index (χ3n) is 2.26. The molecule has 0 aromatic heterocycles. The van der Waals surface area contributed by atoms with Gasteiger partial charge in [-0.05, 0) is 57.3 Å². The molecule has 0 aliphatic carbocycles. The van der Waals surface area contributed by atoms with Gasteiger partial charge >= 0.3 is 5.69 Å². The van der Waals surface area contributed by atoms with Gasteiger partial charge in [0.2, 0.25) is 5.75 Å². The molecule has 0 saturated carbocycles. The van der Waals surface area contributed by atoms with Crippen LogP contribution < -0.4 is 4.74 Å². The minimum Gasteiger partial charge on any atom is -0.449 e. The van der Waals surface area contributed by atoms with Gasteiger partial charge in [-0.15, -0.1) is 0 Å². The van der Waals surface area contributed by atoms with E-state index >= 15 is 0 Å². The van der Waals surface area contributed by atoms with E-state index in [9.17, 15) is 14.5 Å². The van der Waals surface area contributed by atoms with Gasteiger partial charge in [-0.25, -0.2) is 4.39 Å². The van der Waals surface area contributed by atoms with E-state index in [1.165, 1.54) is 0 Å². The number of hydrogen-bond donors (Lipinski definition) is 0. The Morgan fingerprint density at radius 1 is 1.11 bits per heavy atom. The number of nitro benzene ring substituents is 1. The second-order valence-electron chi connectivity index (χ2n) is 3.52. The average Bonchev–Trinajstić information content (AvgIpc) is 2.36. The number of para-hydroxylation sites is 1. The van der Waals surface area contributed by atoms with Gasteiger partial charge in [0.05, 0.1) is 12.1 Å². The lowest BCUT2D eigenvalue weighted by atomic mass is 10.3. The van der Waals surface area contributed by atoms with Gasteiger partial charge in [-0.1, -0.05) is 12.1 Å². The Balaban J connectivity index is 2.48. The minimum atomic E-state index is -0.591. The third kappa shape index (κ3) is 3.32. The molecule has 0 saturated heterocycles. The van der Waals surface area contributed by atoms with E-state index in [-0.39, 0.29) is 15.0 Å². The number of nitro groups is 1. The summed E-state index contributed by atoms with van der Waals surface area (Å²) in [6.07, 6.45) is 0. The van der Waals surface area contributed by atoms with Crippen LogP contribution in [0.4, 0.5) is 10.1 Å². The Labute approximate surface area is 135 Å². The second kappa shape index (κ2) is 5.99. The van der Waals surface area contributed by atoms with Crippen LogP contribution in [0.1, 0.15) is 0 Å². The van der Waals surface area contributed by atoms with Gasteiger partial charge < -0.3 is 4.74 Å². The zero-order valence-corrected chi connectivity index (χ0v) is 13.6. The second-order valence-corrected chi connectivity index (χ2v) is 5.85. The summed E-state index contributed by atoms with van der Waals surface area (Å²) in [4.78, 5) is 10.4. The smallest absolute Gasteiger partial charge is 0.312 e. The molecule has 19 heavy (non-hydrogen) atoms. The largest absolute Gasteiger partial charge is 0.449 e. The van der Waals surface area contributed by atoms with Crippen molar-refractivity contribution in [1.82, 2.24) is 0 Å². The maximum absolute atomic E-state index is 13.5. The van der Waals surface area contributed by atoms with Gasteiger partial charge in [0.15, 0.2) is 0 Å². The minimum absolute atomic E-state index is 0.105. The van der Waals surface area contributed by atoms with Gasteiger partial charge in [0, 0.05) is 12.1 Å². The standard InChI is InChI=1S/C12H6FI2NO3/c13-7-5-12(10(16(17)18)6-9(7)15)19-11-4-2-1-3-8(11)14/h1-6H. The molecule has 0 atom stereocenters. The van der Waals surface area contributed by atoms with Crippen LogP contribution in [-0.2, 0) is 0 Å². The van der Waals surface area contributed by atoms with Crippen LogP contribution in [0.25, 0.3) is 0 Å². The molecule has 0 fully saturated rings. The molecule has 0 heterocycles. The molecule has 2 rings (SSSR count). The van der Waals surface area contributed by atoms with E-state index in [2.05, 4.69) is 0 Å². The molecule has 98 valence electrons. The summed E-state index contributed by atoms with van der Waals surface area (Å²) < 4.78 is 19.9. The van der Waals surface area contributed by atoms with E-state index in [1.807, 2.05) is 28.7 Å². The van der Waals surface area contributed by atoms with Crippen molar-refractivity contribution in [3.05, 3.63) is 59.5 Å². The van der Waals surface area contributed by atoms with E-state index in [0.717, 1.165) is 15.7 Å². The molecule has 0 unspecified atom stereocenters. The van der Waals surface area contributed by atoms with Crippen molar-refractivity contribution in [2.24, 2.45) is 0 Å². The number of halogens is 3. The summed E-state index contributed by atoms with van der Waals surface area (Å²) in [6.45, 7) is 0. The molecule has 7 heteroatoms. The molecule has 2 aromatic rings. The predicted octanol–water partition coefficient (Wildman–Crippen LogP) is 4.74. The lowest BCUT2D eigenvalue weighted by Gasteiger charge is -2.08. The van der Waals surface area contributed by atoms with Gasteiger partial charge in [0.25, 0.3) is 0 Å². The lowest BCUT2D eigenvalue weighted by Crippen LogP contribution is -1.97. The maximum Gasteiger partial charge on any atom is 0.312 e. The summed E-state index contributed by atoms with van der Waals surface area (Å²) in [5.41, 5.74) is -0.259. The fourth-order valence-corrected chi connectivity index (χ4v) is 2.34. The molecular formula is C12H6FI2NO3. The van der Waals surface area contributed by atoms with E-state index < -0.39 is 10.7 Å². The number of benzene rings is 2. The van der Waals surface area contributed by atoms with Crippen molar-refractivity contribution in [2.45, 2.75) is 0 Å². The maximum atomic E-state index is 13.5. The van der Waals surface area contributed by atoms with Crippen molar-refractivity contribution < 1.29 is 14.1 Å². The zero-order valence-electron chi connectivity index (χ0n) is 9.27. The Morgan fingerprint density at radius 3 is 2.42 bits per heavy atom. The van der Waals surface area contributed by atoms with Crippen LogP contribution in [0.2, 0.25) is 0 Å². The van der Waals surface area contributed by atoms with Gasteiger partial charge in [-0.3, -0.25) is 10.1 Å². The zero-order chi connectivity index (χ0) is 14.0. The SMILES string of the molecule is O=[N+]([O-])c1cc(I)c(F)cc1Oc1ccccc1I. The number of ether oxygens (including phenoxy) is 1. The topological polar surface area (TPSA) is 52.4 Å². The average molecular weight is 485 g/mol. The molecule has 0 bridgehead atoms. The summed E-state index contributed by atoms with van der Waals surface area (Å²) >= 11 is 3.74. The van der Waals surface area contributed by atoms with Crippen LogP contribution in [0.5, 0.6) is 11.5 Å². The molecule has 0 amide bonds. The van der Waals surface area contributed by atoms with Gasteiger partial charge in [0.1, 0.15) is 11.6 Å². The predicted molar refractivity (Wildman–Crippen MR) is 85.0 cm³/mol. The lowest BCUT2D eigenvalue weighted by molar-refractivity contribution is -0.385. The van der Waals surface area contributed by atoms with E-state index in [1.54, 1.807) is 40.8 Å². The highest BCUT2D eigenvalue weighted by Gasteiger charge is 2.20. The molecular weight excluding hydrogens is 479 g/mol. The Kier molecular flexibility index (Phi) is 4.55. The molecule has 0 radical (unpaired) electrons. The third-order valence-corrected chi connectivity index (χ3v) is 3.97. The molecule has 0 spiro atoms. The summed E-state index contributed by atoms with van der Waals surface area (Å²) in [6, 6.07) is 9.21. The molecule has 4 nitrogen and oxygen atoms in total. The van der Waals surface area contributed by atoms with Crippen LogP contribution in [0, 0.1) is 23.1 Å². The summed E-state index contributed by atoms with van der Waals surface area (Å²) in [7, 11) is 0. The molecule has 0 N–H and O–H groups in total. The van der Waals surface area contributed by atoms with Crippen LogP contribution >= 0.6 is 45.2 Å². The molecule has 0 aliphatic rings. The monoisotopic (exact) mass is 485 g/mol. The Morgan fingerprint density at radius 2 is 1.79 bits per heavy atom. The Hall–Kier alpha value is -0.970. The van der Waals surface area contributed by atoms with Gasteiger partial charge in [-0.2, -0.15) is 0 Å². The van der Waals surface area contributed by atoms with Crippen molar-refractivity contribution in [1.29, 1.82) is 0 Å². The normalized spacial score (nSPS) is 10.3. The first-order valence-electron chi connectivity index (χ1n) is 5.05. The van der Waals surface area contributed by atoms with Crippen molar-refractivity contribution >= 4 is 50.9 Å². The highest BCUT2D eigenvalue weighted by Crippen LogP contribution is 2.35. The molecule has 2 aromatic carbocycles. The van der Waals surface area contributed by atoms with Crippen molar-refractivity contribution in [3.63, 3.8) is 0 Å². The summed E-state index contributed by atoms with van der Waals surface area (Å²) in [5, 5.41) is 11.0.